The van der Waals surface area contributed by atoms with E-state index in [1.54, 1.807) is 0 Å². The molecule has 7 heteroatoms. The number of nitrogens with one attached hydrogen (secondary N) is 1. The summed E-state index contributed by atoms with van der Waals surface area (Å²) in [5.74, 6) is 0.781. The molecule has 184 valence electrons. The number of pyridine rings is 1. The van der Waals surface area contributed by atoms with Gasteiger partial charge in [0.2, 0.25) is 0 Å². The van der Waals surface area contributed by atoms with Crippen LogP contribution in [0.5, 0.6) is 0 Å². The average molecular weight is 508 g/mol. The first kappa shape index (κ1) is 24.1. The van der Waals surface area contributed by atoms with E-state index < -0.39 is 0 Å². The Morgan fingerprint density at radius 1 is 1.11 bits per heavy atom. The number of halogens is 1. The molecule has 0 amide bonds. The van der Waals surface area contributed by atoms with Crippen molar-refractivity contribution in [3.8, 4) is 0 Å². The smallest absolute Gasteiger partial charge is 0.174 e. The lowest BCUT2D eigenvalue weighted by atomic mass is 9.96. The Balaban J connectivity index is 1.56. The van der Waals surface area contributed by atoms with Crippen LogP contribution in [0.1, 0.15) is 61.4 Å². The molecule has 4 heterocycles. The van der Waals surface area contributed by atoms with E-state index in [2.05, 4.69) is 82.7 Å². The molecule has 2 aromatic heterocycles. The number of nitrogens with zero attached hydrogens (tertiary/aromatic N) is 4. The number of hydrogen-bond acceptors (Lipinski definition) is 3. The number of hydrogen-bond donors (Lipinski definition) is 1. The fourth-order valence-electron chi connectivity index (χ4n) is 5.71. The van der Waals surface area contributed by atoms with Gasteiger partial charge in [-0.1, -0.05) is 24.6 Å². The van der Waals surface area contributed by atoms with Crippen LogP contribution in [0.25, 0.3) is 0 Å². The lowest BCUT2D eigenvalue weighted by Gasteiger charge is -2.33. The normalized spacial score (nSPS) is 21.0. The van der Waals surface area contributed by atoms with Gasteiger partial charge in [0.25, 0.3) is 0 Å². The molecule has 5 nitrogen and oxygen atoms in total. The van der Waals surface area contributed by atoms with Crippen molar-refractivity contribution in [2.45, 2.75) is 59.2 Å². The SMILES string of the molecule is CCn1c(C)cc([C@@H]2[C@H](c3ccccn3)NC(=S)N2c2ccc(N3CCC(C)CC3)c(Cl)c2)c1C. The van der Waals surface area contributed by atoms with E-state index in [0.717, 1.165) is 47.6 Å². The van der Waals surface area contributed by atoms with Crippen molar-refractivity contribution >= 4 is 40.3 Å². The number of anilines is 2. The molecule has 1 N–H and O–H groups in total. The van der Waals surface area contributed by atoms with Gasteiger partial charge in [0, 0.05) is 42.9 Å². The monoisotopic (exact) mass is 507 g/mol. The second-order valence-electron chi connectivity index (χ2n) is 9.87. The van der Waals surface area contributed by atoms with Gasteiger partial charge in [-0.05, 0) is 93.7 Å². The first-order valence-electron chi connectivity index (χ1n) is 12.6. The van der Waals surface area contributed by atoms with E-state index >= 15 is 0 Å². The highest BCUT2D eigenvalue weighted by atomic mass is 35.5. The minimum absolute atomic E-state index is 0.0262. The maximum atomic E-state index is 6.91. The summed E-state index contributed by atoms with van der Waals surface area (Å²) < 4.78 is 2.36. The second kappa shape index (κ2) is 9.82. The largest absolute Gasteiger partial charge is 0.370 e. The van der Waals surface area contributed by atoms with Gasteiger partial charge in [-0.15, -0.1) is 0 Å². The Morgan fingerprint density at radius 2 is 1.89 bits per heavy atom. The van der Waals surface area contributed by atoms with Crippen LogP contribution in [0.2, 0.25) is 5.02 Å². The Morgan fingerprint density at radius 3 is 2.51 bits per heavy atom. The number of aromatic nitrogens is 2. The predicted octanol–water partition coefficient (Wildman–Crippen LogP) is 6.59. The molecule has 2 aliphatic rings. The number of piperidine rings is 1. The van der Waals surface area contributed by atoms with Crippen LogP contribution in [0.4, 0.5) is 11.4 Å². The van der Waals surface area contributed by atoms with Crippen molar-refractivity contribution in [2.24, 2.45) is 5.92 Å². The van der Waals surface area contributed by atoms with Gasteiger partial charge < -0.3 is 19.7 Å². The van der Waals surface area contributed by atoms with Gasteiger partial charge in [0.1, 0.15) is 0 Å². The highest BCUT2D eigenvalue weighted by molar-refractivity contribution is 7.80. The fraction of sp³-hybridized carbons (Fsp3) is 0.429. The van der Waals surface area contributed by atoms with Gasteiger partial charge in [0.05, 0.1) is 28.5 Å². The third-order valence-electron chi connectivity index (χ3n) is 7.68. The summed E-state index contributed by atoms with van der Waals surface area (Å²) in [5, 5.41) is 5.05. The zero-order valence-electron chi connectivity index (χ0n) is 21.0. The predicted molar refractivity (Wildman–Crippen MR) is 150 cm³/mol. The van der Waals surface area contributed by atoms with Crippen LogP contribution in [-0.2, 0) is 6.54 Å². The highest BCUT2D eigenvalue weighted by Gasteiger charge is 2.42. The minimum atomic E-state index is -0.0588. The van der Waals surface area contributed by atoms with Crippen LogP contribution in [0, 0.1) is 19.8 Å². The van der Waals surface area contributed by atoms with Crippen molar-refractivity contribution in [2.75, 3.05) is 22.9 Å². The minimum Gasteiger partial charge on any atom is -0.370 e. The zero-order chi connectivity index (χ0) is 24.7. The van der Waals surface area contributed by atoms with Crippen LogP contribution < -0.4 is 15.1 Å². The summed E-state index contributed by atoms with van der Waals surface area (Å²) >= 11 is 12.8. The van der Waals surface area contributed by atoms with Crippen molar-refractivity contribution in [1.29, 1.82) is 0 Å². The van der Waals surface area contributed by atoms with E-state index in [1.165, 1.54) is 29.8 Å². The summed E-state index contributed by atoms with van der Waals surface area (Å²) in [6.07, 6.45) is 4.26. The Labute approximate surface area is 219 Å². The van der Waals surface area contributed by atoms with Crippen LogP contribution in [0.3, 0.4) is 0 Å². The number of thiocarbonyl (C=S) groups is 1. The van der Waals surface area contributed by atoms with Crippen LogP contribution >= 0.6 is 23.8 Å². The third-order valence-corrected chi connectivity index (χ3v) is 8.30. The molecule has 0 saturated carbocycles. The topological polar surface area (TPSA) is 36.3 Å². The van der Waals surface area contributed by atoms with Crippen LogP contribution in [-0.4, -0.2) is 27.8 Å². The lowest BCUT2D eigenvalue weighted by molar-refractivity contribution is 0.438. The van der Waals surface area contributed by atoms with Gasteiger partial charge in [0.15, 0.2) is 5.11 Å². The van der Waals surface area contributed by atoms with Crippen molar-refractivity contribution < 1.29 is 0 Å². The standard InChI is InChI=1S/C28H34ClN5S/c1-5-33-19(3)16-22(20(33)4)27-26(24-8-6-7-13-30-24)31-28(35)34(27)21-9-10-25(23(29)17-21)32-14-11-18(2)12-15-32/h6-10,13,16-18,26-27H,5,11-12,14-15H2,1-4H3,(H,31,35)/t26-,27+/m0/s1. The van der Waals surface area contributed by atoms with Crippen molar-refractivity contribution in [3.63, 3.8) is 0 Å². The van der Waals surface area contributed by atoms with E-state index in [4.69, 9.17) is 23.8 Å². The van der Waals surface area contributed by atoms with Crippen LogP contribution in [0.15, 0.2) is 48.7 Å². The van der Waals surface area contributed by atoms with E-state index in [1.807, 2.05) is 18.3 Å². The molecule has 2 aliphatic heterocycles. The third kappa shape index (κ3) is 4.43. The maximum Gasteiger partial charge on any atom is 0.174 e. The molecule has 5 rings (SSSR count). The highest BCUT2D eigenvalue weighted by Crippen LogP contribution is 2.44. The van der Waals surface area contributed by atoms with E-state index in [-0.39, 0.29) is 12.1 Å². The summed E-state index contributed by atoms with van der Waals surface area (Å²) in [6.45, 7) is 11.9. The van der Waals surface area contributed by atoms with Gasteiger partial charge in [-0.2, -0.15) is 0 Å². The summed E-state index contributed by atoms with van der Waals surface area (Å²) in [7, 11) is 0. The summed E-state index contributed by atoms with van der Waals surface area (Å²) in [4.78, 5) is 9.33. The van der Waals surface area contributed by atoms with Gasteiger partial charge in [-0.25, -0.2) is 0 Å². The Hall–Kier alpha value is -2.57. The molecule has 3 aromatic rings. The van der Waals surface area contributed by atoms with Crippen molar-refractivity contribution in [3.05, 3.63) is 76.3 Å². The first-order valence-corrected chi connectivity index (χ1v) is 13.4. The number of rotatable bonds is 5. The molecule has 1 aromatic carbocycles. The molecular weight excluding hydrogens is 474 g/mol. The molecule has 0 bridgehead atoms. The molecule has 2 saturated heterocycles. The number of aryl methyl sites for hydroxylation is 1. The molecule has 0 unspecified atom stereocenters. The van der Waals surface area contributed by atoms with E-state index in [9.17, 15) is 0 Å². The second-order valence-corrected chi connectivity index (χ2v) is 10.7. The zero-order valence-corrected chi connectivity index (χ0v) is 22.5. The first-order chi connectivity index (χ1) is 16.9. The molecule has 0 spiro atoms. The lowest BCUT2D eigenvalue weighted by Crippen LogP contribution is -2.33. The maximum absolute atomic E-state index is 6.91. The molecular formula is C28H34ClN5S. The molecule has 2 atom stereocenters. The Kier molecular flexibility index (Phi) is 6.78. The summed E-state index contributed by atoms with van der Waals surface area (Å²) in [5.41, 5.74) is 6.88. The molecule has 0 aliphatic carbocycles. The fourth-order valence-corrected chi connectivity index (χ4v) is 6.35. The van der Waals surface area contributed by atoms with Crippen molar-refractivity contribution in [1.82, 2.24) is 14.9 Å². The quantitative estimate of drug-likeness (QED) is 0.394. The Bertz CT molecular complexity index is 1220. The molecule has 0 radical (unpaired) electrons. The van der Waals surface area contributed by atoms with Gasteiger partial charge in [-0.3, -0.25) is 4.98 Å². The van der Waals surface area contributed by atoms with Gasteiger partial charge >= 0.3 is 0 Å². The molecule has 35 heavy (non-hydrogen) atoms. The van der Waals surface area contributed by atoms with E-state index in [0.29, 0.717) is 5.11 Å². The number of benzene rings is 1. The molecule has 2 fully saturated rings. The summed E-state index contributed by atoms with van der Waals surface area (Å²) in [6, 6.07) is 14.7. The average Bonchev–Trinajstić information content (AvgIpc) is 3.35.